The first-order valence-corrected chi connectivity index (χ1v) is 8.11. The fourth-order valence-electron chi connectivity index (χ4n) is 3.54. The maximum atomic E-state index is 12.8. The number of rotatable bonds is 6. The van der Waals surface area contributed by atoms with Crippen LogP contribution in [0, 0.1) is 11.7 Å². The van der Waals surface area contributed by atoms with Crippen molar-refractivity contribution in [2.45, 2.75) is 31.4 Å². The number of ether oxygens (including phenoxy) is 2. The number of benzene rings is 1. The largest absolute Gasteiger partial charge is 0.494 e. The van der Waals surface area contributed by atoms with Crippen LogP contribution in [0.2, 0.25) is 0 Å². The Hall–Kier alpha value is -1.17. The molecular weight excluding hydrogens is 285 g/mol. The molecular formula is C17H24FNO3. The van der Waals surface area contributed by atoms with Crippen LogP contribution >= 0.6 is 0 Å². The molecule has 1 saturated carbocycles. The molecule has 1 aromatic rings. The number of nitrogens with zero attached hydrogens (tertiary/aromatic N) is 1. The molecule has 0 aromatic heterocycles. The van der Waals surface area contributed by atoms with E-state index in [-0.39, 0.29) is 18.5 Å². The van der Waals surface area contributed by atoms with Crippen molar-refractivity contribution in [2.75, 3.05) is 32.9 Å². The van der Waals surface area contributed by atoms with Gasteiger partial charge in [0.2, 0.25) is 0 Å². The van der Waals surface area contributed by atoms with Crippen LogP contribution in [0.4, 0.5) is 4.39 Å². The summed E-state index contributed by atoms with van der Waals surface area (Å²) in [5, 5.41) is 9.34. The van der Waals surface area contributed by atoms with Crippen LogP contribution in [-0.2, 0) is 4.74 Å². The molecule has 0 bridgehead atoms. The average Bonchev–Trinajstić information content (AvgIpc) is 2.97. The van der Waals surface area contributed by atoms with Gasteiger partial charge in [0.15, 0.2) is 0 Å². The first-order chi connectivity index (χ1) is 10.8. The molecule has 22 heavy (non-hydrogen) atoms. The number of hydrogen-bond donors (Lipinski definition) is 1. The molecule has 0 unspecified atom stereocenters. The molecule has 1 saturated heterocycles. The highest BCUT2D eigenvalue weighted by atomic mass is 19.1. The first-order valence-electron chi connectivity index (χ1n) is 8.11. The Morgan fingerprint density at radius 3 is 2.86 bits per heavy atom. The van der Waals surface area contributed by atoms with Crippen molar-refractivity contribution < 1.29 is 19.0 Å². The van der Waals surface area contributed by atoms with E-state index in [4.69, 9.17) is 9.47 Å². The van der Waals surface area contributed by atoms with Gasteiger partial charge < -0.3 is 14.6 Å². The minimum absolute atomic E-state index is 0.244. The van der Waals surface area contributed by atoms with Crippen LogP contribution in [0.3, 0.4) is 0 Å². The molecule has 5 heteroatoms. The maximum Gasteiger partial charge on any atom is 0.123 e. The summed E-state index contributed by atoms with van der Waals surface area (Å²) in [6.07, 6.45) is 3.22. The van der Waals surface area contributed by atoms with Crippen LogP contribution in [-0.4, -0.2) is 55.1 Å². The Morgan fingerprint density at radius 2 is 2.09 bits per heavy atom. The third kappa shape index (κ3) is 3.77. The molecule has 3 atom stereocenters. The molecule has 1 aliphatic carbocycles. The molecule has 1 N–H and O–H groups in total. The van der Waals surface area contributed by atoms with E-state index in [0.29, 0.717) is 24.3 Å². The minimum Gasteiger partial charge on any atom is -0.494 e. The Bertz CT molecular complexity index is 467. The topological polar surface area (TPSA) is 41.9 Å². The zero-order chi connectivity index (χ0) is 15.4. The van der Waals surface area contributed by atoms with Gasteiger partial charge in [0.25, 0.3) is 0 Å². The average molecular weight is 309 g/mol. The van der Waals surface area contributed by atoms with E-state index in [1.165, 1.54) is 12.1 Å². The molecule has 1 aromatic carbocycles. The van der Waals surface area contributed by atoms with Crippen LogP contribution in [0.5, 0.6) is 5.75 Å². The molecule has 122 valence electrons. The Labute approximate surface area is 130 Å². The number of hydrogen-bond acceptors (Lipinski definition) is 4. The lowest BCUT2D eigenvalue weighted by molar-refractivity contribution is -0.0566. The molecule has 2 fully saturated rings. The highest BCUT2D eigenvalue weighted by molar-refractivity contribution is 5.21. The van der Waals surface area contributed by atoms with Crippen LogP contribution in [0.25, 0.3) is 0 Å². The van der Waals surface area contributed by atoms with E-state index in [9.17, 15) is 9.50 Å². The van der Waals surface area contributed by atoms with E-state index in [1.54, 1.807) is 12.1 Å². The number of aliphatic hydroxyl groups excluding tert-OH is 1. The van der Waals surface area contributed by atoms with Crippen LogP contribution in [0.1, 0.15) is 19.3 Å². The monoisotopic (exact) mass is 309 g/mol. The highest BCUT2D eigenvalue weighted by Gasteiger charge is 2.40. The lowest BCUT2D eigenvalue weighted by Gasteiger charge is -2.37. The second-order valence-corrected chi connectivity index (χ2v) is 6.19. The van der Waals surface area contributed by atoms with E-state index in [2.05, 4.69) is 4.90 Å². The van der Waals surface area contributed by atoms with E-state index in [1.807, 2.05) is 0 Å². The van der Waals surface area contributed by atoms with Crippen molar-refractivity contribution in [1.29, 1.82) is 0 Å². The first kappa shape index (κ1) is 15.7. The van der Waals surface area contributed by atoms with Crippen LogP contribution < -0.4 is 4.74 Å². The number of fused-ring (bicyclic) bond motifs is 1. The molecule has 0 spiro atoms. The summed E-state index contributed by atoms with van der Waals surface area (Å²) in [6, 6.07) is 6.58. The van der Waals surface area contributed by atoms with Gasteiger partial charge >= 0.3 is 0 Å². The lowest BCUT2D eigenvalue weighted by Crippen LogP contribution is -2.48. The Balaban J connectivity index is 1.42. The minimum atomic E-state index is -0.244. The van der Waals surface area contributed by atoms with Gasteiger partial charge in [0.1, 0.15) is 11.6 Å². The van der Waals surface area contributed by atoms with Crippen LogP contribution in [0.15, 0.2) is 24.3 Å². The zero-order valence-electron chi connectivity index (χ0n) is 12.8. The molecule has 0 amide bonds. The van der Waals surface area contributed by atoms with Crippen molar-refractivity contribution in [3.8, 4) is 5.75 Å². The predicted octanol–water partition coefficient (Wildman–Crippen LogP) is 2.07. The quantitative estimate of drug-likeness (QED) is 0.817. The number of aliphatic hydroxyl groups is 1. The van der Waals surface area contributed by atoms with Crippen molar-refractivity contribution >= 4 is 0 Å². The van der Waals surface area contributed by atoms with Gasteiger partial charge in [0, 0.05) is 25.7 Å². The molecule has 0 radical (unpaired) electrons. The van der Waals surface area contributed by atoms with Gasteiger partial charge in [-0.1, -0.05) is 0 Å². The molecule has 3 rings (SSSR count). The summed E-state index contributed by atoms with van der Waals surface area (Å²) in [5.41, 5.74) is 0. The van der Waals surface area contributed by atoms with Gasteiger partial charge in [-0.3, -0.25) is 4.90 Å². The van der Waals surface area contributed by atoms with Gasteiger partial charge in [-0.2, -0.15) is 0 Å². The van der Waals surface area contributed by atoms with Gasteiger partial charge in [-0.05, 0) is 49.4 Å². The third-order valence-electron chi connectivity index (χ3n) is 4.68. The normalized spacial score (nSPS) is 28.5. The Kier molecular flexibility index (Phi) is 5.28. The standard InChI is InChI=1S/C17H24FNO3/c18-14-2-4-15(5-3-14)21-8-1-6-19-7-9-22-17-11-13(12-20)10-16(17)19/h2-5,13,16-17,20H,1,6-12H2/t13-,16+,17+/m1/s1. The fraction of sp³-hybridized carbons (Fsp3) is 0.647. The smallest absolute Gasteiger partial charge is 0.123 e. The van der Waals surface area contributed by atoms with E-state index < -0.39 is 0 Å². The highest BCUT2D eigenvalue weighted by Crippen LogP contribution is 2.33. The van der Waals surface area contributed by atoms with Gasteiger partial charge in [0.05, 0.1) is 19.3 Å². The second kappa shape index (κ2) is 7.40. The van der Waals surface area contributed by atoms with Crippen molar-refractivity contribution in [3.05, 3.63) is 30.1 Å². The number of morpholine rings is 1. The SMILES string of the molecule is OC[C@H]1C[C@@H]2OCCN(CCCOc3ccc(F)cc3)[C@H]2C1. The summed E-state index contributed by atoms with van der Waals surface area (Å²) in [4.78, 5) is 2.47. The molecule has 2 aliphatic rings. The van der Waals surface area contributed by atoms with Crippen molar-refractivity contribution in [1.82, 2.24) is 4.90 Å². The Morgan fingerprint density at radius 1 is 1.27 bits per heavy atom. The van der Waals surface area contributed by atoms with E-state index in [0.717, 1.165) is 39.0 Å². The lowest BCUT2D eigenvalue weighted by atomic mass is 10.1. The third-order valence-corrected chi connectivity index (χ3v) is 4.68. The summed E-state index contributed by atoms with van der Waals surface area (Å²) in [6.45, 7) is 3.60. The second-order valence-electron chi connectivity index (χ2n) is 6.19. The zero-order valence-corrected chi connectivity index (χ0v) is 12.8. The van der Waals surface area contributed by atoms with Crippen molar-refractivity contribution in [2.24, 2.45) is 5.92 Å². The summed E-state index contributed by atoms with van der Waals surface area (Å²) in [7, 11) is 0. The predicted molar refractivity (Wildman–Crippen MR) is 81.4 cm³/mol. The van der Waals surface area contributed by atoms with E-state index >= 15 is 0 Å². The molecule has 4 nitrogen and oxygen atoms in total. The fourth-order valence-corrected chi connectivity index (χ4v) is 3.54. The maximum absolute atomic E-state index is 12.8. The summed E-state index contributed by atoms with van der Waals surface area (Å²) >= 11 is 0. The molecule has 1 aliphatic heterocycles. The van der Waals surface area contributed by atoms with Gasteiger partial charge in [-0.25, -0.2) is 4.39 Å². The van der Waals surface area contributed by atoms with Gasteiger partial charge in [-0.15, -0.1) is 0 Å². The summed E-state index contributed by atoms with van der Waals surface area (Å²) < 4.78 is 24.3. The van der Waals surface area contributed by atoms with Crippen molar-refractivity contribution in [3.63, 3.8) is 0 Å². The number of halogens is 1. The summed E-state index contributed by atoms with van der Waals surface area (Å²) in [5.74, 6) is 0.847. The molecule has 1 heterocycles.